The largest absolute Gasteiger partial charge is 0.480 e. The van der Waals surface area contributed by atoms with Gasteiger partial charge in [0.05, 0.1) is 0 Å². The first-order valence-corrected chi connectivity index (χ1v) is 6.77. The van der Waals surface area contributed by atoms with Crippen LogP contribution < -0.4 is 4.90 Å². The summed E-state index contributed by atoms with van der Waals surface area (Å²) in [6.07, 6.45) is 0.554. The second kappa shape index (κ2) is 5.25. The molecule has 19 heavy (non-hydrogen) atoms. The van der Waals surface area contributed by atoms with E-state index >= 15 is 0 Å². The zero-order valence-electron chi connectivity index (χ0n) is 10.9. The SMILES string of the molecule is CC(C)C(=O)N1c2ccccc2CC(S)C1C(=O)O. The molecular formula is C14H17NO3S. The number of amides is 1. The lowest BCUT2D eigenvalue weighted by Crippen LogP contribution is -2.55. The van der Waals surface area contributed by atoms with Gasteiger partial charge in [-0.1, -0.05) is 32.0 Å². The summed E-state index contributed by atoms with van der Waals surface area (Å²) in [5.74, 6) is -1.45. The van der Waals surface area contributed by atoms with Crippen LogP contribution in [-0.4, -0.2) is 28.3 Å². The summed E-state index contributed by atoms with van der Waals surface area (Å²) in [6.45, 7) is 3.54. The molecule has 5 heteroatoms. The molecule has 2 unspecified atom stereocenters. The molecule has 1 aromatic carbocycles. The lowest BCUT2D eigenvalue weighted by atomic mass is 9.94. The van der Waals surface area contributed by atoms with Crippen molar-refractivity contribution in [2.75, 3.05) is 4.90 Å². The fraction of sp³-hybridized carbons (Fsp3) is 0.429. The highest BCUT2D eigenvalue weighted by Crippen LogP contribution is 2.34. The normalized spacial score (nSPS) is 22.2. The third kappa shape index (κ3) is 2.47. The van der Waals surface area contributed by atoms with Crippen LogP contribution in [-0.2, 0) is 16.0 Å². The smallest absolute Gasteiger partial charge is 0.327 e. The van der Waals surface area contributed by atoms with Gasteiger partial charge in [-0.25, -0.2) is 4.79 Å². The monoisotopic (exact) mass is 279 g/mol. The van der Waals surface area contributed by atoms with E-state index in [0.717, 1.165) is 5.56 Å². The Kier molecular flexibility index (Phi) is 3.85. The summed E-state index contributed by atoms with van der Waals surface area (Å²) in [7, 11) is 0. The molecule has 2 rings (SSSR count). The molecule has 1 amide bonds. The van der Waals surface area contributed by atoms with Gasteiger partial charge in [-0.3, -0.25) is 9.69 Å². The summed E-state index contributed by atoms with van der Waals surface area (Å²) in [4.78, 5) is 25.2. The fourth-order valence-corrected chi connectivity index (χ4v) is 2.84. The van der Waals surface area contributed by atoms with Crippen molar-refractivity contribution >= 4 is 30.2 Å². The summed E-state index contributed by atoms with van der Waals surface area (Å²) in [6, 6.07) is 6.51. The number of carboxylic acid groups (broad SMARTS) is 1. The first-order valence-electron chi connectivity index (χ1n) is 6.25. The third-order valence-corrected chi connectivity index (χ3v) is 3.77. The molecule has 102 valence electrons. The maximum absolute atomic E-state index is 12.3. The molecule has 0 radical (unpaired) electrons. The Morgan fingerprint density at radius 2 is 2.00 bits per heavy atom. The van der Waals surface area contributed by atoms with Gasteiger partial charge in [-0.2, -0.15) is 12.6 Å². The topological polar surface area (TPSA) is 57.6 Å². The number of carboxylic acids is 1. The summed E-state index contributed by atoms with van der Waals surface area (Å²) in [5.41, 5.74) is 1.66. The van der Waals surface area contributed by atoms with Crippen LogP contribution in [0.5, 0.6) is 0 Å². The van der Waals surface area contributed by atoms with Crippen molar-refractivity contribution in [2.45, 2.75) is 31.6 Å². The van der Waals surface area contributed by atoms with Crippen LogP contribution in [0.25, 0.3) is 0 Å². The van der Waals surface area contributed by atoms with Crippen LogP contribution in [0.15, 0.2) is 24.3 Å². The highest BCUT2D eigenvalue weighted by atomic mass is 32.1. The first-order chi connectivity index (χ1) is 8.93. The number of hydrogen-bond donors (Lipinski definition) is 2. The average molecular weight is 279 g/mol. The molecule has 0 saturated carbocycles. The number of benzene rings is 1. The Hall–Kier alpha value is -1.49. The number of rotatable bonds is 2. The molecule has 1 N–H and O–H groups in total. The molecular weight excluding hydrogens is 262 g/mol. The van der Waals surface area contributed by atoms with E-state index in [0.29, 0.717) is 12.1 Å². The highest BCUT2D eigenvalue weighted by molar-refractivity contribution is 7.81. The van der Waals surface area contributed by atoms with Gasteiger partial charge in [0.15, 0.2) is 0 Å². The van der Waals surface area contributed by atoms with Gasteiger partial charge >= 0.3 is 5.97 Å². The van der Waals surface area contributed by atoms with Crippen molar-refractivity contribution in [1.82, 2.24) is 0 Å². The maximum Gasteiger partial charge on any atom is 0.327 e. The Morgan fingerprint density at radius 1 is 1.37 bits per heavy atom. The molecule has 0 aromatic heterocycles. The summed E-state index contributed by atoms with van der Waals surface area (Å²) >= 11 is 4.37. The zero-order chi connectivity index (χ0) is 14.2. The number of hydrogen-bond acceptors (Lipinski definition) is 3. The molecule has 1 heterocycles. The number of anilines is 1. The minimum atomic E-state index is -1.01. The van der Waals surface area contributed by atoms with Gasteiger partial charge in [0.2, 0.25) is 5.91 Å². The molecule has 4 nitrogen and oxygen atoms in total. The Morgan fingerprint density at radius 3 is 2.58 bits per heavy atom. The standard InChI is InChI=1S/C14H17NO3S/c1-8(2)13(16)15-10-6-4-3-5-9(10)7-11(19)12(15)14(17)18/h3-6,8,11-12,19H,7H2,1-2H3,(H,17,18). The number of carbonyl (C=O) groups is 2. The van der Waals surface area contributed by atoms with E-state index in [2.05, 4.69) is 12.6 Å². The molecule has 0 spiro atoms. The molecule has 0 fully saturated rings. The second-order valence-corrected chi connectivity index (χ2v) is 5.71. The van der Waals surface area contributed by atoms with Crippen LogP contribution in [0.3, 0.4) is 0 Å². The van der Waals surface area contributed by atoms with Gasteiger partial charge < -0.3 is 5.11 Å². The average Bonchev–Trinajstić information content (AvgIpc) is 2.35. The first kappa shape index (κ1) is 13.9. The van der Waals surface area contributed by atoms with Crippen LogP contribution in [0.4, 0.5) is 5.69 Å². The van der Waals surface area contributed by atoms with Crippen molar-refractivity contribution in [3.63, 3.8) is 0 Å². The van der Waals surface area contributed by atoms with Crippen molar-refractivity contribution < 1.29 is 14.7 Å². The van der Waals surface area contributed by atoms with Crippen LogP contribution in [0.2, 0.25) is 0 Å². The fourth-order valence-electron chi connectivity index (χ4n) is 2.39. The summed E-state index contributed by atoms with van der Waals surface area (Å²) in [5, 5.41) is 9.00. The van der Waals surface area contributed by atoms with E-state index in [4.69, 9.17) is 0 Å². The van der Waals surface area contributed by atoms with E-state index in [9.17, 15) is 14.7 Å². The highest BCUT2D eigenvalue weighted by Gasteiger charge is 2.41. The molecule has 1 aliphatic rings. The van der Waals surface area contributed by atoms with Gasteiger partial charge in [-0.15, -0.1) is 0 Å². The van der Waals surface area contributed by atoms with E-state index < -0.39 is 17.3 Å². The van der Waals surface area contributed by atoms with Crippen molar-refractivity contribution in [2.24, 2.45) is 5.92 Å². The van der Waals surface area contributed by atoms with Crippen molar-refractivity contribution in [3.8, 4) is 0 Å². The second-order valence-electron chi connectivity index (χ2n) is 5.05. The number of aliphatic carboxylic acids is 1. The molecule has 1 aromatic rings. The van der Waals surface area contributed by atoms with Crippen molar-refractivity contribution in [3.05, 3.63) is 29.8 Å². The summed E-state index contributed by atoms with van der Waals surface area (Å²) < 4.78 is 0. The zero-order valence-corrected chi connectivity index (χ0v) is 11.8. The molecule has 0 saturated heterocycles. The molecule has 0 aliphatic carbocycles. The van der Waals surface area contributed by atoms with Gasteiger partial charge in [0, 0.05) is 16.9 Å². The molecule has 0 bridgehead atoms. The van der Waals surface area contributed by atoms with E-state index in [-0.39, 0.29) is 11.8 Å². The van der Waals surface area contributed by atoms with Gasteiger partial charge in [0.1, 0.15) is 6.04 Å². The number of para-hydroxylation sites is 1. The minimum Gasteiger partial charge on any atom is -0.480 e. The number of fused-ring (bicyclic) bond motifs is 1. The van der Waals surface area contributed by atoms with Crippen LogP contribution in [0, 0.1) is 5.92 Å². The lowest BCUT2D eigenvalue weighted by Gasteiger charge is -2.39. The van der Waals surface area contributed by atoms with Crippen molar-refractivity contribution in [1.29, 1.82) is 0 Å². The third-order valence-electron chi connectivity index (χ3n) is 3.31. The number of carbonyl (C=O) groups excluding carboxylic acids is 1. The van der Waals surface area contributed by atoms with E-state index in [1.807, 2.05) is 18.2 Å². The Balaban J connectivity index is 2.54. The van der Waals surface area contributed by atoms with Crippen LogP contribution in [0.1, 0.15) is 19.4 Å². The quantitative estimate of drug-likeness (QED) is 0.814. The Labute approximate surface area is 117 Å². The maximum atomic E-state index is 12.3. The van der Waals surface area contributed by atoms with Crippen LogP contribution >= 0.6 is 12.6 Å². The lowest BCUT2D eigenvalue weighted by molar-refractivity contribution is -0.140. The predicted molar refractivity (Wildman–Crippen MR) is 76.7 cm³/mol. The van der Waals surface area contributed by atoms with Gasteiger partial charge in [-0.05, 0) is 18.1 Å². The van der Waals surface area contributed by atoms with E-state index in [1.165, 1.54) is 4.90 Å². The molecule has 1 aliphatic heterocycles. The van der Waals surface area contributed by atoms with Gasteiger partial charge in [0.25, 0.3) is 0 Å². The number of nitrogens with zero attached hydrogens (tertiary/aromatic N) is 1. The molecule has 2 atom stereocenters. The predicted octanol–water partition coefficient (Wildman–Crippen LogP) is 1.98. The minimum absolute atomic E-state index is 0.182. The van der Waals surface area contributed by atoms with E-state index in [1.54, 1.807) is 19.9 Å². The number of thiol groups is 1. The Bertz CT molecular complexity index is 515.